The van der Waals surface area contributed by atoms with E-state index in [0.29, 0.717) is 0 Å². The summed E-state index contributed by atoms with van der Waals surface area (Å²) in [5, 5.41) is 29.5. The average Bonchev–Trinajstić information content (AvgIpc) is 2.44. The molecule has 0 atom stereocenters. The van der Waals surface area contributed by atoms with Gasteiger partial charge in [0.25, 0.3) is 5.91 Å². The van der Waals surface area contributed by atoms with E-state index < -0.39 is 37.9 Å². The van der Waals surface area contributed by atoms with Crippen LogP contribution in [-0.4, -0.2) is 53.2 Å². The second kappa shape index (κ2) is 7.13. The van der Waals surface area contributed by atoms with E-state index in [1.54, 1.807) is 0 Å². The van der Waals surface area contributed by atoms with E-state index in [9.17, 15) is 13.6 Å². The third kappa shape index (κ3) is 4.12. The molecule has 0 aliphatic heterocycles. The minimum absolute atomic E-state index is 0.0112. The number of hydrogen-bond acceptors (Lipinski definition) is 5. The normalized spacial score (nSPS) is 11.5. The summed E-state index contributed by atoms with van der Waals surface area (Å²) in [7, 11) is 0. The Bertz CT molecular complexity index is 443. The third-order valence-electron chi connectivity index (χ3n) is 2.61. The summed E-state index contributed by atoms with van der Waals surface area (Å²) in [6.07, 6.45) is 0. The molecule has 0 saturated carbocycles. The Labute approximate surface area is 113 Å². The molecule has 0 aliphatic rings. The molecule has 0 unspecified atom stereocenters. The van der Waals surface area contributed by atoms with Crippen molar-refractivity contribution in [3.8, 4) is 5.75 Å². The molecular formula is C12H15F2NO5. The summed E-state index contributed by atoms with van der Waals surface area (Å²) < 4.78 is 28.3. The van der Waals surface area contributed by atoms with Crippen molar-refractivity contribution >= 4 is 5.91 Å². The minimum atomic E-state index is -3.01. The van der Waals surface area contributed by atoms with Crippen molar-refractivity contribution in [2.75, 3.05) is 19.8 Å². The smallest absolute Gasteiger partial charge is 0.387 e. The van der Waals surface area contributed by atoms with Crippen LogP contribution in [0.1, 0.15) is 10.4 Å². The molecule has 0 radical (unpaired) electrons. The molecule has 6 nitrogen and oxygen atoms in total. The van der Waals surface area contributed by atoms with E-state index in [1.807, 2.05) is 0 Å². The van der Waals surface area contributed by atoms with Gasteiger partial charge in [-0.05, 0) is 18.2 Å². The van der Waals surface area contributed by atoms with Crippen molar-refractivity contribution in [3.05, 3.63) is 29.8 Å². The highest BCUT2D eigenvalue weighted by Gasteiger charge is 2.30. The second-order valence-electron chi connectivity index (χ2n) is 4.12. The molecule has 4 N–H and O–H groups in total. The largest absolute Gasteiger partial charge is 0.435 e. The molecule has 1 rings (SSSR count). The average molecular weight is 291 g/mol. The number of rotatable bonds is 7. The van der Waals surface area contributed by atoms with Crippen LogP contribution >= 0.6 is 0 Å². The van der Waals surface area contributed by atoms with E-state index in [4.69, 9.17) is 15.3 Å². The Morgan fingerprint density at radius 3 is 2.35 bits per heavy atom. The highest BCUT2D eigenvalue weighted by molar-refractivity contribution is 5.95. The maximum Gasteiger partial charge on any atom is 0.387 e. The van der Waals surface area contributed by atoms with Crippen molar-refractivity contribution in [3.63, 3.8) is 0 Å². The molecule has 0 heterocycles. The van der Waals surface area contributed by atoms with Crippen LogP contribution in [0.2, 0.25) is 0 Å². The van der Waals surface area contributed by atoms with Gasteiger partial charge in [0.15, 0.2) is 0 Å². The molecule has 1 aromatic carbocycles. The molecule has 0 spiro atoms. The predicted octanol–water partition coefficient (Wildman–Crippen LogP) is -0.267. The van der Waals surface area contributed by atoms with Gasteiger partial charge in [-0.15, -0.1) is 0 Å². The van der Waals surface area contributed by atoms with Gasteiger partial charge in [0.1, 0.15) is 11.3 Å². The minimum Gasteiger partial charge on any atom is -0.435 e. The monoisotopic (exact) mass is 291 g/mol. The molecule has 0 saturated heterocycles. The van der Waals surface area contributed by atoms with Gasteiger partial charge in [-0.25, -0.2) is 0 Å². The van der Waals surface area contributed by atoms with Crippen molar-refractivity contribution in [2.24, 2.45) is 0 Å². The quantitative estimate of drug-likeness (QED) is 0.554. The molecule has 112 valence electrons. The number of aliphatic hydroxyl groups excluding tert-OH is 3. The lowest BCUT2D eigenvalue weighted by Crippen LogP contribution is -2.57. The van der Waals surface area contributed by atoms with Gasteiger partial charge < -0.3 is 25.4 Å². The molecule has 0 aliphatic carbocycles. The van der Waals surface area contributed by atoms with Gasteiger partial charge in [0, 0.05) is 5.56 Å². The number of amides is 1. The summed E-state index contributed by atoms with van der Waals surface area (Å²) in [5.41, 5.74) is -1.60. The summed E-state index contributed by atoms with van der Waals surface area (Å²) >= 11 is 0. The van der Waals surface area contributed by atoms with Crippen LogP contribution < -0.4 is 10.1 Å². The first-order valence-electron chi connectivity index (χ1n) is 5.66. The molecule has 0 aromatic heterocycles. The standard InChI is InChI=1S/C12H15F2NO5/c13-11(14)20-9-3-1-2-8(4-9)10(19)15-12(5-16,6-17)7-18/h1-4,11,16-18H,5-7H2,(H,15,19). The van der Waals surface area contributed by atoms with E-state index in [-0.39, 0.29) is 11.3 Å². The van der Waals surface area contributed by atoms with E-state index >= 15 is 0 Å². The maximum absolute atomic E-state index is 12.1. The van der Waals surface area contributed by atoms with Gasteiger partial charge in [-0.3, -0.25) is 4.79 Å². The number of halogens is 2. The van der Waals surface area contributed by atoms with Crippen LogP contribution in [0.3, 0.4) is 0 Å². The predicted molar refractivity (Wildman–Crippen MR) is 64.5 cm³/mol. The van der Waals surface area contributed by atoms with Crippen molar-refractivity contribution in [1.29, 1.82) is 0 Å². The summed E-state index contributed by atoms with van der Waals surface area (Å²) in [6.45, 7) is -5.06. The summed E-state index contributed by atoms with van der Waals surface area (Å²) in [4.78, 5) is 11.9. The number of nitrogens with one attached hydrogen (secondary N) is 1. The number of alkyl halides is 2. The second-order valence-corrected chi connectivity index (χ2v) is 4.12. The van der Waals surface area contributed by atoms with Gasteiger partial charge in [-0.2, -0.15) is 8.78 Å². The van der Waals surface area contributed by atoms with Gasteiger partial charge in [0.05, 0.1) is 19.8 Å². The number of hydrogen-bond donors (Lipinski definition) is 4. The Hall–Kier alpha value is -1.77. The first kappa shape index (κ1) is 16.3. The van der Waals surface area contributed by atoms with Gasteiger partial charge >= 0.3 is 6.61 Å². The molecule has 0 fully saturated rings. The fraction of sp³-hybridized carbons (Fsp3) is 0.417. The fourth-order valence-corrected chi connectivity index (χ4v) is 1.40. The SMILES string of the molecule is O=C(NC(CO)(CO)CO)c1cccc(OC(F)F)c1. The van der Waals surface area contributed by atoms with Crippen LogP contribution in [0.25, 0.3) is 0 Å². The highest BCUT2D eigenvalue weighted by Crippen LogP contribution is 2.16. The topological polar surface area (TPSA) is 99.0 Å². The Balaban J connectivity index is 2.86. The molecular weight excluding hydrogens is 276 g/mol. The number of carbonyl (C=O) groups excluding carboxylic acids is 1. The van der Waals surface area contributed by atoms with Gasteiger partial charge in [-0.1, -0.05) is 6.07 Å². The molecule has 1 aromatic rings. The Kier molecular flexibility index (Phi) is 5.81. The van der Waals surface area contributed by atoms with Crippen molar-refractivity contribution < 1.29 is 33.6 Å². The van der Waals surface area contributed by atoms with E-state index in [2.05, 4.69) is 10.1 Å². The first-order valence-corrected chi connectivity index (χ1v) is 5.66. The molecule has 1 amide bonds. The Morgan fingerprint density at radius 1 is 1.25 bits per heavy atom. The van der Waals surface area contributed by atoms with Gasteiger partial charge in [0.2, 0.25) is 0 Å². The fourth-order valence-electron chi connectivity index (χ4n) is 1.40. The third-order valence-corrected chi connectivity index (χ3v) is 2.61. The molecule has 20 heavy (non-hydrogen) atoms. The van der Waals surface area contributed by atoms with Crippen LogP contribution in [0.4, 0.5) is 8.78 Å². The zero-order valence-electron chi connectivity index (χ0n) is 10.4. The summed E-state index contributed by atoms with van der Waals surface area (Å²) in [5.74, 6) is -0.947. The zero-order valence-corrected chi connectivity index (χ0v) is 10.4. The van der Waals surface area contributed by atoms with Crippen molar-refractivity contribution in [1.82, 2.24) is 5.32 Å². The zero-order chi connectivity index (χ0) is 15.2. The summed E-state index contributed by atoms with van der Waals surface area (Å²) in [6, 6.07) is 5.01. The number of ether oxygens (including phenoxy) is 1. The van der Waals surface area contributed by atoms with E-state index in [0.717, 1.165) is 6.07 Å². The number of carbonyl (C=O) groups is 1. The van der Waals surface area contributed by atoms with Crippen molar-refractivity contribution in [2.45, 2.75) is 12.2 Å². The lowest BCUT2D eigenvalue weighted by molar-refractivity contribution is -0.0498. The van der Waals surface area contributed by atoms with Crippen LogP contribution in [0.15, 0.2) is 24.3 Å². The van der Waals surface area contributed by atoms with Crippen LogP contribution in [-0.2, 0) is 0 Å². The number of benzene rings is 1. The lowest BCUT2D eigenvalue weighted by atomic mass is 10.0. The van der Waals surface area contributed by atoms with Crippen LogP contribution in [0.5, 0.6) is 5.75 Å². The first-order chi connectivity index (χ1) is 9.46. The molecule has 0 bridgehead atoms. The van der Waals surface area contributed by atoms with Crippen LogP contribution in [0, 0.1) is 0 Å². The highest BCUT2D eigenvalue weighted by atomic mass is 19.3. The van der Waals surface area contributed by atoms with E-state index in [1.165, 1.54) is 18.2 Å². The Morgan fingerprint density at radius 2 is 1.85 bits per heavy atom. The number of aliphatic hydroxyl groups is 3. The maximum atomic E-state index is 12.1. The lowest BCUT2D eigenvalue weighted by Gasteiger charge is -2.28. The molecule has 8 heteroatoms.